The molecule has 6 heterocycles. The zero-order valence-corrected chi connectivity index (χ0v) is 21.0. The molecule has 0 spiro atoms. The first kappa shape index (κ1) is 22.5. The van der Waals surface area contributed by atoms with Crippen LogP contribution in [-0.4, -0.2) is 0 Å². The standard InChI is InChI=1S/C30H14O12/c1-2-16(18-14-40-28-24-20(32-6-8-36-24)22-26(30(28)42-18)38-12-10-34-22)4-3-15(1)17-13-39-27-23-19(31-5-7-35-23)21-25(29(27)41-17)37-11-9-33-21/h1-14H. The topological polar surface area (TPSA) is 158 Å². The summed E-state index contributed by atoms with van der Waals surface area (Å²) in [6, 6.07) is 7.36. The first-order valence-electron chi connectivity index (χ1n) is 12.4. The molecule has 0 aliphatic heterocycles. The van der Waals surface area contributed by atoms with Gasteiger partial charge in [-0.05, 0) is 0 Å². The van der Waals surface area contributed by atoms with Gasteiger partial charge in [-0.15, -0.1) is 0 Å². The Kier molecular flexibility index (Phi) is 4.61. The summed E-state index contributed by atoms with van der Waals surface area (Å²) in [7, 11) is 0. The van der Waals surface area contributed by atoms with E-state index in [0.29, 0.717) is 78.5 Å². The van der Waals surface area contributed by atoms with Gasteiger partial charge in [-0.1, -0.05) is 24.3 Å². The molecular weight excluding hydrogens is 552 g/mol. The highest BCUT2D eigenvalue weighted by Gasteiger charge is 2.22. The lowest BCUT2D eigenvalue weighted by Crippen LogP contribution is -1.86. The van der Waals surface area contributed by atoms with Gasteiger partial charge >= 0.3 is 0 Å². The molecule has 0 amide bonds. The predicted octanol–water partition coefficient (Wildman–Crippen LogP) is 10.4. The molecule has 0 unspecified atom stereocenters. The van der Waals surface area contributed by atoms with Gasteiger partial charge in [-0.3, -0.25) is 0 Å². The van der Waals surface area contributed by atoms with E-state index in [1.165, 1.54) is 62.6 Å². The van der Waals surface area contributed by atoms with Crippen molar-refractivity contribution in [2.24, 2.45) is 0 Å². The van der Waals surface area contributed by atoms with E-state index in [0.717, 1.165) is 0 Å². The van der Waals surface area contributed by atoms with Crippen LogP contribution in [0, 0.1) is 0 Å². The molecule has 0 bridgehead atoms. The van der Waals surface area contributed by atoms with Crippen molar-refractivity contribution < 1.29 is 53.0 Å². The summed E-state index contributed by atoms with van der Waals surface area (Å²) < 4.78 is 69.4. The minimum absolute atomic E-state index is 0.280. The van der Waals surface area contributed by atoms with Gasteiger partial charge in [-0.25, -0.2) is 0 Å². The Bertz CT molecular complexity index is 2290. The highest BCUT2D eigenvalue weighted by molar-refractivity contribution is 6.14. The third-order valence-corrected chi connectivity index (χ3v) is 6.63. The van der Waals surface area contributed by atoms with Crippen LogP contribution in [0.5, 0.6) is 0 Å². The lowest BCUT2D eigenvalue weighted by Gasteiger charge is -2.08. The van der Waals surface area contributed by atoms with Crippen molar-refractivity contribution in [3.05, 3.63) is 86.9 Å². The van der Waals surface area contributed by atoms with Crippen molar-refractivity contribution >= 4 is 67.0 Å². The fourth-order valence-electron chi connectivity index (χ4n) is 4.81. The summed E-state index contributed by atoms with van der Waals surface area (Å²) in [5.41, 5.74) is 5.00. The maximum absolute atomic E-state index is 6.23. The van der Waals surface area contributed by atoms with Gasteiger partial charge in [0, 0.05) is 11.1 Å². The summed E-state index contributed by atoms with van der Waals surface area (Å²) in [5.74, 6) is 0.843. The molecule has 206 valence electrons. The number of hydrogen-bond donors (Lipinski definition) is 0. The van der Waals surface area contributed by atoms with Gasteiger partial charge in [0.25, 0.3) is 0 Å². The molecule has 12 nitrogen and oxygen atoms in total. The van der Waals surface area contributed by atoms with Gasteiger partial charge in [0.2, 0.25) is 67.0 Å². The van der Waals surface area contributed by atoms with E-state index in [9.17, 15) is 0 Å². The summed E-state index contributed by atoms with van der Waals surface area (Å²) in [5, 5.41) is 0. The maximum Gasteiger partial charge on any atom is 0.220 e. The largest absolute Gasteiger partial charge is 0.454 e. The average Bonchev–Trinajstić information content (AvgIpc) is 3.08. The molecule has 12 heteroatoms. The van der Waals surface area contributed by atoms with Crippen molar-refractivity contribution in [3.63, 3.8) is 0 Å². The van der Waals surface area contributed by atoms with Crippen molar-refractivity contribution in [2.45, 2.75) is 0 Å². The van der Waals surface area contributed by atoms with Crippen molar-refractivity contribution in [1.29, 1.82) is 0 Å². The van der Waals surface area contributed by atoms with Gasteiger partial charge < -0.3 is 53.0 Å². The Balaban J connectivity index is 1.17. The highest BCUT2D eigenvalue weighted by atomic mass is 16.4. The summed E-state index contributed by atoms with van der Waals surface area (Å²) in [6.07, 6.45) is 14.0. The molecule has 9 aromatic rings. The fraction of sp³-hybridized carbons (Fsp3) is 0. The summed E-state index contributed by atoms with van der Waals surface area (Å²) in [4.78, 5) is 0. The lowest BCUT2D eigenvalue weighted by molar-refractivity contribution is 0.466. The zero-order chi connectivity index (χ0) is 27.6. The zero-order valence-electron chi connectivity index (χ0n) is 21.0. The number of rotatable bonds is 2. The van der Waals surface area contributed by atoms with Gasteiger partial charge in [0.1, 0.15) is 62.6 Å². The quantitative estimate of drug-likeness (QED) is 0.182. The van der Waals surface area contributed by atoms with Crippen LogP contribution >= 0.6 is 0 Å². The molecule has 0 saturated heterocycles. The SMILES string of the molecule is c1coc2c(o1)c1occoc1c1oc(-c3ccc(-c4coc5c6occoc6c6occoc6c5o4)cc3)coc21. The molecule has 0 radical (unpaired) electrons. The Morgan fingerprint density at radius 2 is 0.500 bits per heavy atom. The van der Waals surface area contributed by atoms with E-state index in [2.05, 4.69) is 0 Å². The molecule has 0 aliphatic rings. The number of benzene rings is 3. The van der Waals surface area contributed by atoms with Crippen molar-refractivity contribution in [1.82, 2.24) is 0 Å². The van der Waals surface area contributed by atoms with E-state index in [1.54, 1.807) is 0 Å². The van der Waals surface area contributed by atoms with Crippen LogP contribution in [0.1, 0.15) is 0 Å². The average molecular weight is 566 g/mol. The smallest absolute Gasteiger partial charge is 0.220 e. The first-order valence-corrected chi connectivity index (χ1v) is 12.4. The normalized spacial score (nSPS) is 11.8. The second kappa shape index (κ2) is 8.60. The number of hydrogen-bond acceptors (Lipinski definition) is 12. The molecule has 42 heavy (non-hydrogen) atoms. The fourth-order valence-corrected chi connectivity index (χ4v) is 4.81. The minimum atomic E-state index is 0.280. The van der Waals surface area contributed by atoms with Gasteiger partial charge in [-0.2, -0.15) is 0 Å². The Morgan fingerprint density at radius 1 is 0.262 bits per heavy atom. The van der Waals surface area contributed by atoms with Crippen LogP contribution in [0.15, 0.2) is 140 Å². The van der Waals surface area contributed by atoms with E-state index in [4.69, 9.17) is 53.0 Å². The molecule has 9 rings (SSSR count). The molecule has 0 saturated carbocycles. The third kappa shape index (κ3) is 3.23. The Morgan fingerprint density at radius 3 is 0.786 bits per heavy atom. The van der Waals surface area contributed by atoms with Gasteiger partial charge in [0.15, 0.2) is 11.5 Å². The lowest BCUT2D eigenvalue weighted by atomic mass is 10.1. The van der Waals surface area contributed by atoms with Crippen molar-refractivity contribution in [3.8, 4) is 22.6 Å². The van der Waals surface area contributed by atoms with E-state index < -0.39 is 0 Å². The minimum Gasteiger partial charge on any atom is -0.454 e. The van der Waals surface area contributed by atoms with Crippen molar-refractivity contribution in [2.75, 3.05) is 0 Å². The summed E-state index contributed by atoms with van der Waals surface area (Å²) >= 11 is 0. The number of fused-ring (bicyclic) bond motifs is 12. The molecule has 3 aromatic carbocycles. The van der Waals surface area contributed by atoms with Crippen LogP contribution < -0.4 is 0 Å². The Labute approximate surface area is 229 Å². The second-order valence-corrected chi connectivity index (χ2v) is 8.96. The predicted molar refractivity (Wildman–Crippen MR) is 142 cm³/mol. The second-order valence-electron chi connectivity index (χ2n) is 8.96. The van der Waals surface area contributed by atoms with Crippen LogP contribution in [-0.2, 0) is 0 Å². The third-order valence-electron chi connectivity index (χ3n) is 6.63. The molecule has 0 N–H and O–H groups in total. The molecule has 0 aliphatic carbocycles. The van der Waals surface area contributed by atoms with E-state index >= 15 is 0 Å². The first-order chi connectivity index (χ1) is 20.8. The van der Waals surface area contributed by atoms with E-state index in [-0.39, 0.29) is 11.2 Å². The summed E-state index contributed by atoms with van der Waals surface area (Å²) in [6.45, 7) is 0. The molecule has 0 fully saturated rings. The molecular formula is C30H14O12. The van der Waals surface area contributed by atoms with Crippen LogP contribution in [0.4, 0.5) is 0 Å². The van der Waals surface area contributed by atoms with Crippen LogP contribution in [0.2, 0.25) is 0 Å². The van der Waals surface area contributed by atoms with Gasteiger partial charge in [0.05, 0.1) is 0 Å². The molecule has 6 aromatic heterocycles. The molecule has 0 atom stereocenters. The monoisotopic (exact) mass is 566 g/mol. The Hall–Kier alpha value is -6.30. The van der Waals surface area contributed by atoms with Crippen LogP contribution in [0.3, 0.4) is 0 Å². The van der Waals surface area contributed by atoms with E-state index in [1.807, 2.05) is 24.3 Å². The maximum atomic E-state index is 6.23. The van der Waals surface area contributed by atoms with Crippen LogP contribution in [0.25, 0.3) is 89.6 Å². The highest BCUT2D eigenvalue weighted by Crippen LogP contribution is 2.39.